The molecule has 0 amide bonds. The first kappa shape index (κ1) is 15.7. The van der Waals surface area contributed by atoms with Crippen LogP contribution in [-0.2, 0) is 7.05 Å². The van der Waals surface area contributed by atoms with E-state index in [1.807, 2.05) is 23.9 Å². The molecule has 5 nitrogen and oxygen atoms in total. The molecule has 0 saturated heterocycles. The van der Waals surface area contributed by atoms with Crippen molar-refractivity contribution < 1.29 is 4.39 Å². The van der Waals surface area contributed by atoms with E-state index < -0.39 is 0 Å². The van der Waals surface area contributed by atoms with Gasteiger partial charge in [-0.25, -0.2) is 14.4 Å². The maximum Gasteiger partial charge on any atom is 0.164 e. The quantitative estimate of drug-likeness (QED) is 0.770. The Kier molecular flexibility index (Phi) is 3.65. The first-order valence-electron chi connectivity index (χ1n) is 9.36. The number of rotatable bonds is 3. The molecule has 0 aliphatic heterocycles. The van der Waals surface area contributed by atoms with Gasteiger partial charge in [-0.2, -0.15) is 0 Å². The van der Waals surface area contributed by atoms with Crippen molar-refractivity contribution in [1.82, 2.24) is 19.5 Å². The summed E-state index contributed by atoms with van der Waals surface area (Å²) >= 11 is 0. The predicted molar refractivity (Wildman–Crippen MR) is 99.2 cm³/mol. The van der Waals surface area contributed by atoms with Gasteiger partial charge >= 0.3 is 0 Å². The van der Waals surface area contributed by atoms with E-state index in [2.05, 4.69) is 20.3 Å². The van der Waals surface area contributed by atoms with Crippen LogP contribution in [0.5, 0.6) is 0 Å². The molecule has 1 atom stereocenters. The zero-order valence-electron chi connectivity index (χ0n) is 14.8. The lowest BCUT2D eigenvalue weighted by Crippen LogP contribution is -2.40. The van der Waals surface area contributed by atoms with Crippen molar-refractivity contribution in [1.29, 1.82) is 0 Å². The lowest BCUT2D eigenvalue weighted by molar-refractivity contribution is 0.157. The second-order valence-corrected chi connectivity index (χ2v) is 7.73. The van der Waals surface area contributed by atoms with Crippen molar-refractivity contribution in [3.63, 3.8) is 0 Å². The highest BCUT2D eigenvalue weighted by Crippen LogP contribution is 2.42. The minimum Gasteiger partial charge on any atom is -0.380 e. The minimum atomic E-state index is -0.285. The number of aryl methyl sites for hydroxylation is 1. The van der Waals surface area contributed by atoms with Crippen molar-refractivity contribution >= 4 is 16.7 Å². The molecule has 6 rings (SSSR count). The number of hydrogen-bond acceptors (Lipinski definition) is 4. The van der Waals surface area contributed by atoms with Gasteiger partial charge in [0.25, 0.3) is 0 Å². The molecule has 0 spiro atoms. The molecule has 6 heteroatoms. The Morgan fingerprint density at radius 3 is 2.77 bits per heavy atom. The summed E-state index contributed by atoms with van der Waals surface area (Å²) in [5.41, 5.74) is 3.08. The molecule has 3 saturated carbocycles. The van der Waals surface area contributed by atoms with Gasteiger partial charge in [-0.15, -0.1) is 0 Å². The van der Waals surface area contributed by atoms with Gasteiger partial charge in [-0.1, -0.05) is 12.8 Å². The fraction of sp³-hybridized carbons (Fsp3) is 0.450. The number of anilines is 1. The van der Waals surface area contributed by atoms with Gasteiger partial charge in [-0.3, -0.25) is 4.98 Å². The first-order chi connectivity index (χ1) is 12.7. The normalized spacial score (nSPS) is 24.9. The van der Waals surface area contributed by atoms with Crippen LogP contribution in [0.2, 0.25) is 0 Å². The van der Waals surface area contributed by atoms with E-state index in [4.69, 9.17) is 0 Å². The van der Waals surface area contributed by atoms with Crippen LogP contribution in [0.25, 0.3) is 22.3 Å². The SMILES string of the molecule is Cn1cc(-c2cc(NC3CC4CCC3CC4)c(F)cn2)c2cncnc21. The van der Waals surface area contributed by atoms with Gasteiger partial charge in [-0.05, 0) is 37.2 Å². The highest BCUT2D eigenvalue weighted by atomic mass is 19.1. The minimum absolute atomic E-state index is 0.285. The number of fused-ring (bicyclic) bond motifs is 4. The Morgan fingerprint density at radius 2 is 2.00 bits per heavy atom. The highest BCUT2D eigenvalue weighted by molar-refractivity contribution is 5.92. The van der Waals surface area contributed by atoms with Crippen LogP contribution in [0.15, 0.2) is 31.0 Å². The fourth-order valence-electron chi connectivity index (χ4n) is 4.77. The Hall–Kier alpha value is -2.50. The van der Waals surface area contributed by atoms with E-state index in [1.54, 1.807) is 6.20 Å². The van der Waals surface area contributed by atoms with Crippen molar-refractivity contribution in [2.75, 3.05) is 5.32 Å². The summed E-state index contributed by atoms with van der Waals surface area (Å²) in [6.07, 6.45) is 13.0. The second kappa shape index (κ2) is 6.04. The largest absolute Gasteiger partial charge is 0.380 e. The molecule has 134 valence electrons. The van der Waals surface area contributed by atoms with Crippen LogP contribution in [0, 0.1) is 17.7 Å². The number of nitrogens with zero attached hydrogens (tertiary/aromatic N) is 4. The maximum absolute atomic E-state index is 14.4. The average Bonchev–Trinajstić information content (AvgIpc) is 3.02. The fourth-order valence-corrected chi connectivity index (χ4v) is 4.77. The molecular weight excluding hydrogens is 329 g/mol. The lowest BCUT2D eigenvalue weighted by atomic mass is 9.68. The van der Waals surface area contributed by atoms with E-state index in [-0.39, 0.29) is 5.82 Å². The van der Waals surface area contributed by atoms with Gasteiger partial charge in [0, 0.05) is 36.4 Å². The Labute approximate surface area is 151 Å². The van der Waals surface area contributed by atoms with Crippen LogP contribution in [0.4, 0.5) is 10.1 Å². The lowest BCUT2D eigenvalue weighted by Gasteiger charge is -2.43. The number of hydrogen-bond donors (Lipinski definition) is 1. The predicted octanol–water partition coefficient (Wildman–Crippen LogP) is 4.16. The molecule has 0 aromatic carbocycles. The number of nitrogens with one attached hydrogen (secondary N) is 1. The van der Waals surface area contributed by atoms with E-state index in [0.29, 0.717) is 17.6 Å². The van der Waals surface area contributed by atoms with E-state index >= 15 is 0 Å². The molecular formula is C20H22FN5. The van der Waals surface area contributed by atoms with Crippen LogP contribution in [0.3, 0.4) is 0 Å². The summed E-state index contributed by atoms with van der Waals surface area (Å²) in [6.45, 7) is 0. The molecule has 3 aliphatic carbocycles. The smallest absolute Gasteiger partial charge is 0.164 e. The molecule has 3 fully saturated rings. The van der Waals surface area contributed by atoms with Gasteiger partial charge in [0.2, 0.25) is 0 Å². The second-order valence-electron chi connectivity index (χ2n) is 7.73. The van der Waals surface area contributed by atoms with Crippen LogP contribution < -0.4 is 5.32 Å². The van der Waals surface area contributed by atoms with Gasteiger partial charge in [0.05, 0.1) is 17.6 Å². The molecule has 1 N–H and O–H groups in total. The van der Waals surface area contributed by atoms with Crippen molar-refractivity contribution in [3.8, 4) is 11.3 Å². The van der Waals surface area contributed by atoms with E-state index in [9.17, 15) is 4.39 Å². The van der Waals surface area contributed by atoms with E-state index in [0.717, 1.165) is 34.6 Å². The molecule has 3 heterocycles. The highest BCUT2D eigenvalue weighted by Gasteiger charge is 2.35. The number of pyridine rings is 1. The van der Waals surface area contributed by atoms with Gasteiger partial charge < -0.3 is 9.88 Å². The van der Waals surface area contributed by atoms with Gasteiger partial charge in [0.15, 0.2) is 5.82 Å². The summed E-state index contributed by atoms with van der Waals surface area (Å²) in [4.78, 5) is 12.8. The van der Waals surface area contributed by atoms with Crippen LogP contribution in [0.1, 0.15) is 32.1 Å². The maximum atomic E-state index is 14.4. The average molecular weight is 351 g/mol. The molecule has 3 aromatic rings. The van der Waals surface area contributed by atoms with Crippen molar-refractivity contribution in [2.24, 2.45) is 18.9 Å². The summed E-state index contributed by atoms with van der Waals surface area (Å²) in [7, 11) is 1.94. The number of aromatic nitrogens is 4. The topological polar surface area (TPSA) is 55.6 Å². The Balaban J connectivity index is 1.50. The van der Waals surface area contributed by atoms with Crippen LogP contribution in [-0.4, -0.2) is 25.6 Å². The summed E-state index contributed by atoms with van der Waals surface area (Å²) in [6, 6.07) is 2.21. The van der Waals surface area contributed by atoms with Crippen LogP contribution >= 0.6 is 0 Å². The Morgan fingerprint density at radius 1 is 1.15 bits per heavy atom. The molecule has 0 radical (unpaired) electrons. The first-order valence-corrected chi connectivity index (χ1v) is 9.36. The molecule has 3 aromatic heterocycles. The Bertz CT molecular complexity index is 958. The standard InChI is InChI=1S/C20H22FN5/c1-26-10-15(14-8-22-11-24-20(14)26)18-7-19(16(21)9-23-18)25-17-6-12-2-4-13(17)5-3-12/h7-13,17H,2-6H2,1H3,(H,23,25). The van der Waals surface area contributed by atoms with Gasteiger partial charge in [0.1, 0.15) is 12.0 Å². The monoisotopic (exact) mass is 351 g/mol. The zero-order valence-corrected chi connectivity index (χ0v) is 14.8. The van der Waals surface area contributed by atoms with Crippen molar-refractivity contribution in [3.05, 3.63) is 36.8 Å². The summed E-state index contributed by atoms with van der Waals surface area (Å²) in [5.74, 6) is 1.19. The summed E-state index contributed by atoms with van der Waals surface area (Å²) < 4.78 is 16.4. The molecule has 2 bridgehead atoms. The third-order valence-electron chi connectivity index (χ3n) is 6.16. The molecule has 1 unspecified atom stereocenters. The third kappa shape index (κ3) is 2.55. The zero-order chi connectivity index (χ0) is 17.7. The number of halogens is 1. The third-order valence-corrected chi connectivity index (χ3v) is 6.16. The van der Waals surface area contributed by atoms with E-state index in [1.165, 1.54) is 38.2 Å². The van der Waals surface area contributed by atoms with Crippen molar-refractivity contribution in [2.45, 2.75) is 38.1 Å². The molecule has 26 heavy (non-hydrogen) atoms. The summed E-state index contributed by atoms with van der Waals surface area (Å²) in [5, 5.41) is 4.42. The molecule has 3 aliphatic rings.